The van der Waals surface area contributed by atoms with Crippen molar-refractivity contribution < 1.29 is 33.3 Å². The summed E-state index contributed by atoms with van der Waals surface area (Å²) in [4.78, 5) is 27.9. The van der Waals surface area contributed by atoms with E-state index in [1.807, 2.05) is 23.7 Å². The van der Waals surface area contributed by atoms with Crippen LogP contribution in [0.1, 0.15) is 129 Å². The van der Waals surface area contributed by atoms with Crippen molar-refractivity contribution in [2.75, 3.05) is 97.6 Å². The van der Waals surface area contributed by atoms with E-state index < -0.39 is 5.91 Å². The second-order valence-corrected chi connectivity index (χ2v) is 17.3. The van der Waals surface area contributed by atoms with E-state index in [4.69, 9.17) is 34.5 Å². The number of hydrogen-bond donors (Lipinski definition) is 2. The number of hydrogen-bond acceptors (Lipinski definition) is 10. The van der Waals surface area contributed by atoms with Gasteiger partial charge in [-0.15, -0.1) is 0 Å². The van der Waals surface area contributed by atoms with Crippen molar-refractivity contribution in [2.24, 2.45) is 23.0 Å². The molecular weight excluding hydrogens is 723 g/mol. The first kappa shape index (κ1) is 45.2. The zero-order valence-electron chi connectivity index (χ0n) is 35.5. The first-order valence-electron chi connectivity index (χ1n) is 22.1. The standard InChI is InChI=1S/C45H73N5O7/c1-35-43-41(31-45(2,3)32-42(43)51)50(48-35)38-16-17-39(44(46)52)40(30-38)47-18-10-20-53-22-24-55-26-28-57-29-27-56-25-23-54-21-11-19-49(33-36-12-6-4-7-13-36)34-37-14-8-5-9-15-37/h16-17,30,36-37,47H,4-15,18-29,31-34H2,1-3H3,(H2,46,52). The Kier molecular flexibility index (Phi) is 19.3. The summed E-state index contributed by atoms with van der Waals surface area (Å²) in [7, 11) is 0. The van der Waals surface area contributed by atoms with Gasteiger partial charge in [0.05, 0.1) is 81.1 Å². The SMILES string of the molecule is Cc1nn(-c2ccc(C(N)=O)c(NCCCOCCOCCOCCOCCOCCCN(CC3CCCCC3)CC3CCCCC3)c2)c2c1C(=O)CC(C)(C)C2. The molecule has 12 heteroatoms. The molecule has 1 aromatic carbocycles. The Bertz CT molecular complexity index is 1480. The molecule has 2 saturated carbocycles. The van der Waals surface area contributed by atoms with Gasteiger partial charge in [-0.1, -0.05) is 52.4 Å². The van der Waals surface area contributed by atoms with Crippen LogP contribution in [0.3, 0.4) is 0 Å². The van der Waals surface area contributed by atoms with Crippen molar-refractivity contribution in [1.82, 2.24) is 14.7 Å². The van der Waals surface area contributed by atoms with E-state index in [0.29, 0.717) is 89.2 Å². The van der Waals surface area contributed by atoms with Crippen LogP contribution >= 0.6 is 0 Å². The number of nitrogens with two attached hydrogens (primary N) is 1. The molecule has 1 heterocycles. The molecule has 0 radical (unpaired) electrons. The van der Waals surface area contributed by atoms with Crippen molar-refractivity contribution in [2.45, 2.75) is 111 Å². The zero-order chi connectivity index (χ0) is 40.3. The van der Waals surface area contributed by atoms with Gasteiger partial charge in [0.2, 0.25) is 0 Å². The monoisotopic (exact) mass is 796 g/mol. The number of nitrogens with zero attached hydrogens (tertiary/aromatic N) is 3. The fraction of sp³-hybridized carbons (Fsp3) is 0.756. The third-order valence-corrected chi connectivity index (χ3v) is 11.7. The highest BCUT2D eigenvalue weighted by molar-refractivity contribution is 6.00. The molecule has 0 aliphatic heterocycles. The van der Waals surface area contributed by atoms with Crippen molar-refractivity contribution in [3.63, 3.8) is 0 Å². The van der Waals surface area contributed by atoms with E-state index >= 15 is 0 Å². The lowest BCUT2D eigenvalue weighted by atomic mass is 9.75. The van der Waals surface area contributed by atoms with Gasteiger partial charge in [-0.05, 0) is 87.3 Å². The molecule has 12 nitrogen and oxygen atoms in total. The second kappa shape index (κ2) is 24.3. The summed E-state index contributed by atoms with van der Waals surface area (Å²) in [6, 6.07) is 5.42. The number of nitrogens with one attached hydrogen (secondary N) is 1. The van der Waals surface area contributed by atoms with Crippen LogP contribution in [-0.2, 0) is 30.1 Å². The highest BCUT2D eigenvalue weighted by Crippen LogP contribution is 2.37. The topological polar surface area (TPSA) is 139 Å². The summed E-state index contributed by atoms with van der Waals surface area (Å²) in [5.74, 6) is 1.42. The van der Waals surface area contributed by atoms with Gasteiger partial charge in [-0.2, -0.15) is 5.10 Å². The number of carbonyl (C=O) groups excluding carboxylic acids is 2. The van der Waals surface area contributed by atoms with E-state index in [1.165, 1.54) is 77.3 Å². The molecule has 3 N–H and O–H groups in total. The van der Waals surface area contributed by atoms with Crippen molar-refractivity contribution >= 4 is 17.4 Å². The number of anilines is 1. The van der Waals surface area contributed by atoms with Gasteiger partial charge >= 0.3 is 0 Å². The van der Waals surface area contributed by atoms with E-state index in [2.05, 4.69) is 24.1 Å². The average molecular weight is 796 g/mol. The molecule has 2 fully saturated rings. The van der Waals surface area contributed by atoms with Crippen LogP contribution in [0.4, 0.5) is 5.69 Å². The quantitative estimate of drug-likeness (QED) is 0.0895. The Morgan fingerprint density at radius 1 is 0.789 bits per heavy atom. The van der Waals surface area contributed by atoms with Crippen LogP contribution in [-0.4, -0.2) is 119 Å². The average Bonchev–Trinajstić information content (AvgIpc) is 3.52. The van der Waals surface area contributed by atoms with Gasteiger partial charge in [0.15, 0.2) is 5.78 Å². The molecule has 2 aromatic rings. The lowest BCUT2D eigenvalue weighted by Gasteiger charge is -2.33. The van der Waals surface area contributed by atoms with Gasteiger partial charge < -0.3 is 39.6 Å². The Morgan fingerprint density at radius 2 is 1.32 bits per heavy atom. The largest absolute Gasteiger partial charge is 0.384 e. The lowest BCUT2D eigenvalue weighted by molar-refractivity contribution is -0.0116. The molecule has 0 saturated heterocycles. The fourth-order valence-corrected chi connectivity index (χ4v) is 8.87. The minimum absolute atomic E-state index is 0.129. The van der Waals surface area contributed by atoms with E-state index in [9.17, 15) is 9.59 Å². The molecule has 5 rings (SSSR count). The van der Waals surface area contributed by atoms with Crippen molar-refractivity contribution in [1.29, 1.82) is 0 Å². The lowest BCUT2D eigenvalue weighted by Crippen LogP contribution is -2.36. The number of Topliss-reactive ketones (excluding diaryl/α,β-unsaturated/α-hetero) is 1. The predicted octanol–water partition coefficient (Wildman–Crippen LogP) is 7.17. The van der Waals surface area contributed by atoms with Gasteiger partial charge in [-0.3, -0.25) is 9.59 Å². The first-order chi connectivity index (χ1) is 27.7. The minimum atomic E-state index is -0.509. The van der Waals surface area contributed by atoms with Gasteiger partial charge in [0, 0.05) is 51.5 Å². The number of benzene rings is 1. The van der Waals surface area contributed by atoms with Crippen LogP contribution in [0, 0.1) is 24.2 Å². The normalized spacial score (nSPS) is 17.6. The summed E-state index contributed by atoms with van der Waals surface area (Å²) in [5, 5.41) is 8.05. The number of ether oxygens (including phenoxy) is 5. The molecule has 320 valence electrons. The van der Waals surface area contributed by atoms with E-state index in [-0.39, 0.29) is 11.2 Å². The Balaban J connectivity index is 0.845. The molecule has 0 unspecified atom stereocenters. The second-order valence-electron chi connectivity index (χ2n) is 17.3. The zero-order valence-corrected chi connectivity index (χ0v) is 35.5. The Labute approximate surface area is 342 Å². The van der Waals surface area contributed by atoms with Gasteiger partial charge in [0.1, 0.15) is 0 Å². The molecule has 1 aromatic heterocycles. The summed E-state index contributed by atoms with van der Waals surface area (Å²) >= 11 is 0. The summed E-state index contributed by atoms with van der Waals surface area (Å²) < 4.78 is 30.4. The smallest absolute Gasteiger partial charge is 0.250 e. The van der Waals surface area contributed by atoms with Gasteiger partial charge in [0.25, 0.3) is 5.91 Å². The number of ketones is 1. The van der Waals surface area contributed by atoms with Crippen LogP contribution in [0.2, 0.25) is 0 Å². The molecule has 0 bridgehead atoms. The molecular formula is C45H73N5O7. The summed E-state index contributed by atoms with van der Waals surface area (Å²) in [6.45, 7) is 16.0. The third kappa shape index (κ3) is 15.3. The summed E-state index contributed by atoms with van der Waals surface area (Å²) in [6.07, 6.45) is 17.3. The minimum Gasteiger partial charge on any atom is -0.384 e. The van der Waals surface area contributed by atoms with Crippen LogP contribution in [0.15, 0.2) is 18.2 Å². The number of aryl methyl sites for hydroxylation is 1. The number of rotatable bonds is 27. The first-order valence-corrected chi connectivity index (χ1v) is 22.1. The van der Waals surface area contributed by atoms with Gasteiger partial charge in [-0.25, -0.2) is 4.68 Å². The van der Waals surface area contributed by atoms with Crippen LogP contribution < -0.4 is 11.1 Å². The number of primary amides is 1. The summed E-state index contributed by atoms with van der Waals surface area (Å²) in [5.41, 5.74) is 9.72. The molecule has 0 atom stereocenters. The Hall–Kier alpha value is -2.87. The molecule has 0 spiro atoms. The number of carbonyl (C=O) groups is 2. The van der Waals surface area contributed by atoms with E-state index in [1.54, 1.807) is 6.07 Å². The fourth-order valence-electron chi connectivity index (χ4n) is 8.87. The highest BCUT2D eigenvalue weighted by atomic mass is 16.6. The third-order valence-electron chi connectivity index (χ3n) is 11.7. The van der Waals surface area contributed by atoms with Crippen LogP contribution in [0.5, 0.6) is 0 Å². The van der Waals surface area contributed by atoms with Crippen molar-refractivity contribution in [3.8, 4) is 5.69 Å². The molecule has 57 heavy (non-hydrogen) atoms. The molecule has 3 aliphatic carbocycles. The van der Waals surface area contributed by atoms with E-state index in [0.717, 1.165) is 61.3 Å². The maximum Gasteiger partial charge on any atom is 0.250 e. The number of aromatic nitrogens is 2. The van der Waals surface area contributed by atoms with Crippen molar-refractivity contribution in [3.05, 3.63) is 40.7 Å². The maximum atomic E-state index is 12.9. The maximum absolute atomic E-state index is 12.9. The van der Waals surface area contributed by atoms with Crippen LogP contribution in [0.25, 0.3) is 5.69 Å². The molecule has 3 aliphatic rings. The highest BCUT2D eigenvalue weighted by Gasteiger charge is 2.36. The number of fused-ring (bicyclic) bond motifs is 1. The predicted molar refractivity (Wildman–Crippen MR) is 225 cm³/mol. The number of amides is 1. The molecule has 1 amide bonds. The Morgan fingerprint density at radius 3 is 1.86 bits per heavy atom.